The van der Waals surface area contributed by atoms with Gasteiger partial charge in [-0.15, -0.1) is 0 Å². The van der Waals surface area contributed by atoms with Crippen molar-refractivity contribution < 1.29 is 14.7 Å². The summed E-state index contributed by atoms with van der Waals surface area (Å²) in [4.78, 5) is 27.4. The second-order valence-corrected chi connectivity index (χ2v) is 7.51. The maximum absolute atomic E-state index is 12.4. The van der Waals surface area contributed by atoms with Gasteiger partial charge in [0, 0.05) is 24.9 Å². The van der Waals surface area contributed by atoms with Crippen molar-refractivity contribution in [2.75, 3.05) is 10.6 Å². The summed E-state index contributed by atoms with van der Waals surface area (Å²) < 4.78 is 0. The number of hydrogen-bond donors (Lipinski definition) is 4. The monoisotopic (exact) mass is 440 g/mol. The number of carboxylic acid groups (broad SMARTS) is 1. The molecule has 0 radical (unpaired) electrons. The van der Waals surface area contributed by atoms with E-state index in [-0.39, 0.29) is 17.6 Å². The number of fused-ring (bicyclic) bond motifs is 1. The van der Waals surface area contributed by atoms with Gasteiger partial charge in [0.2, 0.25) is 5.91 Å². The molecule has 0 aliphatic carbocycles. The molecular weight excluding hydrogens is 416 g/mol. The lowest BCUT2D eigenvalue weighted by Crippen LogP contribution is -2.19. The molecule has 162 valence electrons. The van der Waals surface area contributed by atoms with Crippen molar-refractivity contribution in [3.8, 4) is 0 Å². The molecular formula is C23H25ClN4O3. The Balaban J connectivity index is 1.83. The molecule has 0 saturated heterocycles. The van der Waals surface area contributed by atoms with Crippen LogP contribution >= 0.6 is 11.6 Å². The molecule has 0 saturated carbocycles. The van der Waals surface area contributed by atoms with Crippen LogP contribution in [0, 0.1) is 0 Å². The Morgan fingerprint density at radius 2 is 1.68 bits per heavy atom. The molecule has 31 heavy (non-hydrogen) atoms. The van der Waals surface area contributed by atoms with Gasteiger partial charge >= 0.3 is 6.09 Å². The lowest BCUT2D eigenvalue weighted by Gasteiger charge is -2.17. The quantitative estimate of drug-likeness (QED) is 0.334. The number of pyridine rings is 1. The average molecular weight is 441 g/mol. The van der Waals surface area contributed by atoms with Crippen molar-refractivity contribution in [1.29, 1.82) is 0 Å². The summed E-state index contributed by atoms with van der Waals surface area (Å²) in [5.41, 5.74) is 3.80. The minimum Gasteiger partial charge on any atom is -0.465 e. The van der Waals surface area contributed by atoms with Gasteiger partial charge < -0.3 is 21.1 Å². The lowest BCUT2D eigenvalue weighted by molar-refractivity contribution is -0.116. The molecule has 0 aliphatic heterocycles. The summed E-state index contributed by atoms with van der Waals surface area (Å²) in [5.74, 6) is -0.0980. The third kappa shape index (κ3) is 6.08. The average Bonchev–Trinajstić information content (AvgIpc) is 2.76. The number of nitrogens with zero attached hydrogens (tertiary/aromatic N) is 1. The fourth-order valence-electron chi connectivity index (χ4n) is 3.16. The number of benzene rings is 2. The standard InChI is InChI=1S/C23H25ClN4O3/c1-2-3-8-19(29)28-21-20(17-6-4-5-7-18(17)27-22(21)24)25-13-15-9-11-16(12-10-15)14-26-23(30)31/h4-7,9-12,26H,2-3,8,13-14H2,1H3,(H,25,27)(H,28,29)(H,30,31). The van der Waals surface area contributed by atoms with Crippen LogP contribution in [-0.2, 0) is 17.9 Å². The maximum Gasteiger partial charge on any atom is 0.404 e. The molecule has 0 aliphatic rings. The van der Waals surface area contributed by atoms with Gasteiger partial charge in [0.05, 0.1) is 11.2 Å². The largest absolute Gasteiger partial charge is 0.465 e. The van der Waals surface area contributed by atoms with E-state index in [2.05, 4.69) is 20.9 Å². The second-order valence-electron chi connectivity index (χ2n) is 7.15. The number of amides is 2. The molecule has 7 nitrogen and oxygen atoms in total. The zero-order chi connectivity index (χ0) is 22.2. The SMILES string of the molecule is CCCCC(=O)Nc1c(Cl)nc2ccccc2c1NCc1ccc(CNC(=O)O)cc1. The van der Waals surface area contributed by atoms with Crippen LogP contribution in [-0.4, -0.2) is 22.1 Å². The molecule has 1 heterocycles. The molecule has 2 aromatic carbocycles. The van der Waals surface area contributed by atoms with E-state index in [0.29, 0.717) is 18.7 Å². The highest BCUT2D eigenvalue weighted by molar-refractivity contribution is 6.34. The summed E-state index contributed by atoms with van der Waals surface area (Å²) in [7, 11) is 0. The normalized spacial score (nSPS) is 10.6. The summed E-state index contributed by atoms with van der Waals surface area (Å²) in [6, 6.07) is 15.2. The van der Waals surface area contributed by atoms with Gasteiger partial charge in [-0.3, -0.25) is 4.79 Å². The van der Waals surface area contributed by atoms with Gasteiger partial charge in [-0.25, -0.2) is 9.78 Å². The highest BCUT2D eigenvalue weighted by Gasteiger charge is 2.16. The Labute approximate surface area is 185 Å². The van der Waals surface area contributed by atoms with E-state index in [1.165, 1.54) is 0 Å². The predicted octanol–water partition coefficient (Wildman–Crippen LogP) is 5.40. The van der Waals surface area contributed by atoms with Crippen molar-refractivity contribution in [2.24, 2.45) is 0 Å². The first-order chi connectivity index (χ1) is 15.0. The number of rotatable bonds is 9. The van der Waals surface area contributed by atoms with Gasteiger partial charge in [0.25, 0.3) is 0 Å². The number of aromatic nitrogens is 1. The second kappa shape index (κ2) is 10.6. The van der Waals surface area contributed by atoms with E-state index in [0.717, 1.165) is 40.6 Å². The molecule has 3 rings (SSSR count). The van der Waals surface area contributed by atoms with Gasteiger partial charge in [-0.2, -0.15) is 0 Å². The number of carbonyl (C=O) groups excluding carboxylic acids is 1. The number of halogens is 1. The Kier molecular flexibility index (Phi) is 7.67. The Morgan fingerprint density at radius 1 is 1.00 bits per heavy atom. The highest BCUT2D eigenvalue weighted by atomic mass is 35.5. The molecule has 0 bridgehead atoms. The van der Waals surface area contributed by atoms with Crippen LogP contribution in [0.1, 0.15) is 37.3 Å². The minimum atomic E-state index is -1.05. The van der Waals surface area contributed by atoms with Crippen LogP contribution in [0.3, 0.4) is 0 Å². The van der Waals surface area contributed by atoms with Crippen LogP contribution in [0.25, 0.3) is 10.9 Å². The number of anilines is 2. The Hall–Kier alpha value is -3.32. The smallest absolute Gasteiger partial charge is 0.404 e. The molecule has 0 unspecified atom stereocenters. The number of carbonyl (C=O) groups is 2. The van der Waals surface area contributed by atoms with Crippen LogP contribution in [0.15, 0.2) is 48.5 Å². The van der Waals surface area contributed by atoms with Crippen molar-refractivity contribution in [3.63, 3.8) is 0 Å². The fraction of sp³-hybridized carbons (Fsp3) is 0.261. The molecule has 4 N–H and O–H groups in total. The summed E-state index contributed by atoms with van der Waals surface area (Å²) in [6.45, 7) is 2.78. The fourth-order valence-corrected chi connectivity index (χ4v) is 3.39. The molecule has 3 aromatic rings. The maximum atomic E-state index is 12.4. The zero-order valence-electron chi connectivity index (χ0n) is 17.2. The van der Waals surface area contributed by atoms with Gasteiger partial charge in [-0.1, -0.05) is 67.4 Å². The van der Waals surface area contributed by atoms with E-state index in [4.69, 9.17) is 16.7 Å². The predicted molar refractivity (Wildman–Crippen MR) is 124 cm³/mol. The van der Waals surface area contributed by atoms with E-state index < -0.39 is 6.09 Å². The molecule has 2 amide bonds. The molecule has 0 fully saturated rings. The third-order valence-corrected chi connectivity index (χ3v) is 5.08. The van der Waals surface area contributed by atoms with E-state index in [1.54, 1.807) is 0 Å². The number of nitrogens with one attached hydrogen (secondary N) is 3. The molecule has 0 spiro atoms. The summed E-state index contributed by atoms with van der Waals surface area (Å²) >= 11 is 6.43. The Morgan fingerprint density at radius 3 is 2.35 bits per heavy atom. The molecule has 8 heteroatoms. The van der Waals surface area contributed by atoms with Crippen LogP contribution in [0.4, 0.5) is 16.2 Å². The molecule has 0 atom stereocenters. The van der Waals surface area contributed by atoms with E-state index >= 15 is 0 Å². The summed E-state index contributed by atoms with van der Waals surface area (Å²) in [5, 5.41) is 18.5. The highest BCUT2D eigenvalue weighted by Crippen LogP contribution is 2.36. The first kappa shape index (κ1) is 22.4. The topological polar surface area (TPSA) is 103 Å². The number of unbranched alkanes of at least 4 members (excludes halogenated alkanes) is 1. The van der Waals surface area contributed by atoms with Gasteiger partial charge in [-0.05, 0) is 23.6 Å². The van der Waals surface area contributed by atoms with Crippen molar-refractivity contribution in [3.05, 3.63) is 64.8 Å². The number of hydrogen-bond acceptors (Lipinski definition) is 4. The van der Waals surface area contributed by atoms with E-state index in [9.17, 15) is 9.59 Å². The van der Waals surface area contributed by atoms with Crippen LogP contribution in [0.5, 0.6) is 0 Å². The zero-order valence-corrected chi connectivity index (χ0v) is 18.0. The van der Waals surface area contributed by atoms with Gasteiger partial charge in [0.15, 0.2) is 5.15 Å². The first-order valence-electron chi connectivity index (χ1n) is 10.1. The van der Waals surface area contributed by atoms with Crippen molar-refractivity contribution in [1.82, 2.24) is 10.3 Å². The Bertz CT molecular complexity index is 1070. The number of para-hydroxylation sites is 1. The molecule has 1 aromatic heterocycles. The van der Waals surface area contributed by atoms with Crippen molar-refractivity contribution in [2.45, 2.75) is 39.3 Å². The summed E-state index contributed by atoms with van der Waals surface area (Å²) in [6.07, 6.45) is 1.10. The third-order valence-electron chi connectivity index (χ3n) is 4.81. The minimum absolute atomic E-state index is 0.0980. The lowest BCUT2D eigenvalue weighted by atomic mass is 10.1. The van der Waals surface area contributed by atoms with E-state index in [1.807, 2.05) is 55.5 Å². The first-order valence-corrected chi connectivity index (χ1v) is 10.5. The van der Waals surface area contributed by atoms with Crippen LogP contribution in [0.2, 0.25) is 5.15 Å². The van der Waals surface area contributed by atoms with Crippen molar-refractivity contribution >= 4 is 45.9 Å². The van der Waals surface area contributed by atoms with Crippen LogP contribution < -0.4 is 16.0 Å². The van der Waals surface area contributed by atoms with Gasteiger partial charge in [0.1, 0.15) is 5.69 Å².